The highest BCUT2D eigenvalue weighted by Crippen LogP contribution is 2.29. The van der Waals surface area contributed by atoms with Crippen molar-refractivity contribution in [3.05, 3.63) is 71.3 Å². The zero-order chi connectivity index (χ0) is 19.9. The molecule has 0 radical (unpaired) electrons. The fourth-order valence-electron chi connectivity index (χ4n) is 2.67. The van der Waals surface area contributed by atoms with Crippen molar-refractivity contribution in [3.8, 4) is 0 Å². The van der Waals surface area contributed by atoms with E-state index in [1.54, 1.807) is 6.07 Å². The highest BCUT2D eigenvalue weighted by atomic mass is 19.4. The van der Waals surface area contributed by atoms with Gasteiger partial charge in [-0.15, -0.1) is 0 Å². The average molecular weight is 382 g/mol. The first-order chi connectivity index (χ1) is 12.8. The number of benzene rings is 2. The number of carbonyl (C=O) groups is 1. The Kier molecular flexibility index (Phi) is 7.20. The second-order valence-corrected chi connectivity index (χ2v) is 6.14. The molecule has 2 rings (SSSR count). The van der Waals surface area contributed by atoms with E-state index in [-0.39, 0.29) is 13.1 Å². The van der Waals surface area contributed by atoms with Crippen molar-refractivity contribution in [2.75, 3.05) is 6.54 Å². The summed E-state index contributed by atoms with van der Waals surface area (Å²) in [5, 5.41) is 24.4. The second-order valence-electron chi connectivity index (χ2n) is 6.14. The predicted octanol–water partition coefficient (Wildman–Crippen LogP) is 3.03. The van der Waals surface area contributed by atoms with Crippen LogP contribution >= 0.6 is 0 Å². The molecular formula is C19H21F3N2O3. The Morgan fingerprint density at radius 2 is 1.70 bits per heavy atom. The lowest BCUT2D eigenvalue weighted by molar-refractivity contribution is -0.137. The quantitative estimate of drug-likeness (QED) is 0.566. The average Bonchev–Trinajstić information content (AvgIpc) is 2.61. The molecule has 4 N–H and O–H groups in total. The number of amides is 1. The molecule has 0 aliphatic carbocycles. The molecule has 5 nitrogen and oxygen atoms in total. The highest BCUT2D eigenvalue weighted by Gasteiger charge is 2.30. The molecule has 0 heterocycles. The smallest absolute Gasteiger partial charge is 0.416 e. The zero-order valence-electron chi connectivity index (χ0n) is 14.4. The molecule has 2 atom stereocenters. The van der Waals surface area contributed by atoms with E-state index in [2.05, 4.69) is 10.6 Å². The van der Waals surface area contributed by atoms with Crippen LogP contribution < -0.4 is 10.6 Å². The third-order valence-corrected chi connectivity index (χ3v) is 4.01. The van der Waals surface area contributed by atoms with Crippen LogP contribution in [0.3, 0.4) is 0 Å². The first-order valence-corrected chi connectivity index (χ1v) is 8.34. The van der Waals surface area contributed by atoms with E-state index in [0.29, 0.717) is 12.0 Å². The molecule has 0 bridgehead atoms. The van der Waals surface area contributed by atoms with Crippen molar-refractivity contribution >= 4 is 6.09 Å². The number of halogens is 3. The van der Waals surface area contributed by atoms with Gasteiger partial charge in [0.25, 0.3) is 0 Å². The van der Waals surface area contributed by atoms with Gasteiger partial charge in [-0.1, -0.05) is 48.5 Å². The number of hydrogen-bond donors (Lipinski definition) is 4. The van der Waals surface area contributed by atoms with E-state index in [1.807, 2.05) is 30.3 Å². The zero-order valence-corrected chi connectivity index (χ0v) is 14.4. The summed E-state index contributed by atoms with van der Waals surface area (Å²) in [6, 6.07) is 13.2. The van der Waals surface area contributed by atoms with Crippen LogP contribution in [-0.4, -0.2) is 35.0 Å². The minimum absolute atomic E-state index is 0.0219. The molecule has 2 aromatic rings. The lowest BCUT2D eigenvalue weighted by Gasteiger charge is -2.23. The fourth-order valence-corrected chi connectivity index (χ4v) is 2.67. The largest absolute Gasteiger partial charge is 0.465 e. The molecule has 27 heavy (non-hydrogen) atoms. The van der Waals surface area contributed by atoms with E-state index in [0.717, 1.165) is 17.7 Å². The number of hydrogen-bond acceptors (Lipinski definition) is 3. The molecule has 0 unspecified atom stereocenters. The molecule has 0 aliphatic rings. The fraction of sp³-hybridized carbons (Fsp3) is 0.316. The van der Waals surface area contributed by atoms with Crippen molar-refractivity contribution in [1.29, 1.82) is 0 Å². The minimum Gasteiger partial charge on any atom is -0.465 e. The van der Waals surface area contributed by atoms with Crippen LogP contribution in [0, 0.1) is 0 Å². The topological polar surface area (TPSA) is 81.6 Å². The van der Waals surface area contributed by atoms with Crippen LogP contribution in [0.1, 0.15) is 16.7 Å². The maximum absolute atomic E-state index is 12.7. The van der Waals surface area contributed by atoms with Crippen molar-refractivity contribution < 1.29 is 28.2 Å². The van der Waals surface area contributed by atoms with Crippen molar-refractivity contribution in [1.82, 2.24) is 10.6 Å². The van der Waals surface area contributed by atoms with Gasteiger partial charge in [0.2, 0.25) is 0 Å². The Morgan fingerprint density at radius 1 is 1.04 bits per heavy atom. The van der Waals surface area contributed by atoms with Gasteiger partial charge in [-0.05, 0) is 23.6 Å². The summed E-state index contributed by atoms with van der Waals surface area (Å²) in [7, 11) is 0. The summed E-state index contributed by atoms with van der Waals surface area (Å²) >= 11 is 0. The van der Waals surface area contributed by atoms with E-state index in [9.17, 15) is 23.1 Å². The number of rotatable bonds is 8. The number of alkyl halides is 3. The standard InChI is InChI=1S/C19H21F3N2O3/c20-19(21,22)15-8-4-7-14(9-15)11-23-12-17(25)16(24-18(26)27)10-13-5-2-1-3-6-13/h1-9,16-17,23-25H,10-12H2,(H,26,27)/t16-,17+/m0/s1. The Hall–Kier alpha value is -2.58. The Morgan fingerprint density at radius 3 is 2.33 bits per heavy atom. The molecule has 0 saturated carbocycles. The summed E-state index contributed by atoms with van der Waals surface area (Å²) in [6.45, 7) is 0.139. The van der Waals surface area contributed by atoms with Crippen LogP contribution in [0.15, 0.2) is 54.6 Å². The van der Waals surface area contributed by atoms with Gasteiger partial charge < -0.3 is 20.8 Å². The number of nitrogens with one attached hydrogen (secondary N) is 2. The van der Waals surface area contributed by atoms with Crippen LogP contribution in [-0.2, 0) is 19.1 Å². The Labute approximate surface area is 154 Å². The van der Waals surface area contributed by atoms with Crippen LogP contribution in [0.2, 0.25) is 0 Å². The van der Waals surface area contributed by atoms with E-state index in [1.165, 1.54) is 6.07 Å². The van der Waals surface area contributed by atoms with E-state index in [4.69, 9.17) is 5.11 Å². The van der Waals surface area contributed by atoms with Gasteiger partial charge in [0, 0.05) is 13.1 Å². The third-order valence-electron chi connectivity index (χ3n) is 4.01. The van der Waals surface area contributed by atoms with Gasteiger partial charge in [-0.2, -0.15) is 13.2 Å². The number of aliphatic hydroxyl groups is 1. The summed E-state index contributed by atoms with van der Waals surface area (Å²) < 4.78 is 38.2. The van der Waals surface area contributed by atoms with Crippen LogP contribution in [0.4, 0.5) is 18.0 Å². The first-order valence-electron chi connectivity index (χ1n) is 8.34. The summed E-state index contributed by atoms with van der Waals surface area (Å²) in [6.07, 6.45) is -6.43. The summed E-state index contributed by atoms with van der Waals surface area (Å²) in [4.78, 5) is 11.0. The lowest BCUT2D eigenvalue weighted by atomic mass is 10.0. The minimum atomic E-state index is -4.41. The predicted molar refractivity (Wildman–Crippen MR) is 94.3 cm³/mol. The van der Waals surface area contributed by atoms with Gasteiger partial charge in [0.05, 0.1) is 17.7 Å². The van der Waals surface area contributed by atoms with E-state index >= 15 is 0 Å². The van der Waals surface area contributed by atoms with Crippen LogP contribution in [0.5, 0.6) is 0 Å². The molecule has 8 heteroatoms. The monoisotopic (exact) mass is 382 g/mol. The molecular weight excluding hydrogens is 361 g/mol. The Balaban J connectivity index is 1.93. The van der Waals surface area contributed by atoms with Gasteiger partial charge in [-0.3, -0.25) is 0 Å². The second kappa shape index (κ2) is 9.38. The van der Waals surface area contributed by atoms with Gasteiger partial charge >= 0.3 is 12.3 Å². The summed E-state index contributed by atoms with van der Waals surface area (Å²) in [5.41, 5.74) is 0.535. The molecule has 146 valence electrons. The van der Waals surface area contributed by atoms with E-state index < -0.39 is 30.0 Å². The molecule has 0 aliphatic heterocycles. The molecule has 1 amide bonds. The van der Waals surface area contributed by atoms with Crippen molar-refractivity contribution in [2.24, 2.45) is 0 Å². The number of carboxylic acid groups (broad SMARTS) is 1. The highest BCUT2D eigenvalue weighted by molar-refractivity contribution is 5.65. The maximum atomic E-state index is 12.7. The third kappa shape index (κ3) is 6.92. The molecule has 2 aromatic carbocycles. The van der Waals surface area contributed by atoms with Gasteiger partial charge in [0.15, 0.2) is 0 Å². The van der Waals surface area contributed by atoms with Crippen molar-refractivity contribution in [3.63, 3.8) is 0 Å². The van der Waals surface area contributed by atoms with Crippen molar-refractivity contribution in [2.45, 2.75) is 31.3 Å². The van der Waals surface area contributed by atoms with Crippen LogP contribution in [0.25, 0.3) is 0 Å². The Bertz CT molecular complexity index is 738. The molecule has 0 fully saturated rings. The summed E-state index contributed by atoms with van der Waals surface area (Å²) in [5.74, 6) is 0. The SMILES string of the molecule is O=C(O)N[C@@H](Cc1ccccc1)[C@H](O)CNCc1cccc(C(F)(F)F)c1. The number of aliphatic hydroxyl groups excluding tert-OH is 1. The molecule has 0 aromatic heterocycles. The normalized spacial score (nSPS) is 13.8. The maximum Gasteiger partial charge on any atom is 0.416 e. The molecule has 0 saturated heterocycles. The lowest BCUT2D eigenvalue weighted by Crippen LogP contribution is -2.48. The van der Waals surface area contributed by atoms with Gasteiger partial charge in [-0.25, -0.2) is 4.79 Å². The first kappa shape index (κ1) is 20.7. The molecule has 0 spiro atoms. The van der Waals surface area contributed by atoms with Gasteiger partial charge in [0.1, 0.15) is 0 Å².